The number of rotatable bonds is 7. The summed E-state index contributed by atoms with van der Waals surface area (Å²) in [7, 11) is 1.57. The zero-order valence-corrected chi connectivity index (χ0v) is 12.7. The summed E-state index contributed by atoms with van der Waals surface area (Å²) in [4.78, 5) is 12.9. The first-order valence-corrected chi connectivity index (χ1v) is 7.09. The molecule has 0 N–H and O–H groups in total. The molecule has 0 radical (unpaired) electrons. The Labute approximate surface area is 123 Å². The zero-order chi connectivity index (χ0) is 14.5. The van der Waals surface area contributed by atoms with Gasteiger partial charge in [0.2, 0.25) is 5.88 Å². The second-order valence-electron chi connectivity index (χ2n) is 4.34. The maximum Gasteiger partial charge on any atom is 0.245 e. The van der Waals surface area contributed by atoms with Crippen LogP contribution in [0.5, 0.6) is 5.88 Å². The van der Waals surface area contributed by atoms with E-state index in [2.05, 4.69) is 15.0 Å². The number of ether oxygens (including phenoxy) is 2. The van der Waals surface area contributed by atoms with E-state index in [1.54, 1.807) is 7.11 Å². The summed E-state index contributed by atoms with van der Waals surface area (Å²) in [5.74, 6) is 1.24. The summed E-state index contributed by atoms with van der Waals surface area (Å²) in [5.41, 5.74) is 1.39. The van der Waals surface area contributed by atoms with Gasteiger partial charge in [-0.05, 0) is 20.3 Å². The van der Waals surface area contributed by atoms with Gasteiger partial charge in [-0.1, -0.05) is 0 Å². The summed E-state index contributed by atoms with van der Waals surface area (Å²) in [6.45, 7) is 6.05. The first-order valence-electron chi connectivity index (χ1n) is 6.66. The van der Waals surface area contributed by atoms with Crippen LogP contribution < -0.4 is 4.74 Å². The monoisotopic (exact) mass is 298 g/mol. The molecule has 0 aliphatic heterocycles. The Hall–Kier alpha value is -1.40. The van der Waals surface area contributed by atoms with Gasteiger partial charge in [0.25, 0.3) is 0 Å². The fourth-order valence-electron chi connectivity index (χ4n) is 2.08. The van der Waals surface area contributed by atoms with Gasteiger partial charge in [0.1, 0.15) is 12.2 Å². The Bertz CT molecular complexity index is 571. The van der Waals surface area contributed by atoms with Crippen molar-refractivity contribution in [1.29, 1.82) is 0 Å². The fourth-order valence-corrected chi connectivity index (χ4v) is 2.24. The second-order valence-corrected chi connectivity index (χ2v) is 5.00. The molecule has 1 atom stereocenters. The highest BCUT2D eigenvalue weighted by Gasteiger charge is 2.18. The van der Waals surface area contributed by atoms with Gasteiger partial charge in [-0.25, -0.2) is 9.97 Å². The number of alkyl halides is 1. The molecule has 0 aromatic carbocycles. The summed E-state index contributed by atoms with van der Waals surface area (Å²) in [6, 6.07) is 0. The Morgan fingerprint density at radius 2 is 2.20 bits per heavy atom. The van der Waals surface area contributed by atoms with Crippen LogP contribution in [0.4, 0.5) is 0 Å². The highest BCUT2D eigenvalue weighted by molar-refractivity contribution is 6.20. The van der Waals surface area contributed by atoms with E-state index in [0.717, 1.165) is 31.0 Å². The maximum absolute atomic E-state index is 6.21. The number of aromatic nitrogens is 4. The van der Waals surface area contributed by atoms with Gasteiger partial charge in [0, 0.05) is 19.8 Å². The molecule has 1 unspecified atom stereocenters. The number of hydrogen-bond acceptors (Lipinski definition) is 5. The molecule has 0 fully saturated rings. The highest BCUT2D eigenvalue weighted by Crippen LogP contribution is 2.27. The number of aryl methyl sites for hydroxylation is 1. The third-order valence-electron chi connectivity index (χ3n) is 2.95. The lowest BCUT2D eigenvalue weighted by atomic mass is 10.4. The smallest absolute Gasteiger partial charge is 0.245 e. The van der Waals surface area contributed by atoms with Gasteiger partial charge in [-0.15, -0.1) is 11.6 Å². The first-order chi connectivity index (χ1) is 9.69. The van der Waals surface area contributed by atoms with Gasteiger partial charge in [-0.3, -0.25) is 0 Å². The van der Waals surface area contributed by atoms with Crippen molar-refractivity contribution in [2.24, 2.45) is 0 Å². The lowest BCUT2D eigenvalue weighted by Gasteiger charge is -2.09. The van der Waals surface area contributed by atoms with E-state index in [-0.39, 0.29) is 5.38 Å². The van der Waals surface area contributed by atoms with E-state index in [0.29, 0.717) is 18.0 Å². The summed E-state index contributed by atoms with van der Waals surface area (Å²) >= 11 is 6.21. The van der Waals surface area contributed by atoms with E-state index < -0.39 is 0 Å². The molecule has 2 aromatic heterocycles. The van der Waals surface area contributed by atoms with Crippen LogP contribution in [-0.2, 0) is 11.3 Å². The average Bonchev–Trinajstić information content (AvgIpc) is 2.82. The van der Waals surface area contributed by atoms with Crippen LogP contribution >= 0.6 is 11.6 Å². The number of halogens is 1. The molecule has 0 saturated heterocycles. The lowest BCUT2D eigenvalue weighted by molar-refractivity contribution is 0.141. The molecule has 0 bridgehead atoms. The number of hydrogen-bond donors (Lipinski definition) is 0. The molecule has 0 spiro atoms. The molecule has 2 heterocycles. The largest absolute Gasteiger partial charge is 0.479 e. The standard InChI is InChI=1S/C13H19ClN4O2/c1-4-20-7-5-6-18-11(9(2)14)17-10-12(18)15-8-16-13(10)19-3/h8-9H,4-7H2,1-3H3. The van der Waals surface area contributed by atoms with E-state index >= 15 is 0 Å². The van der Waals surface area contributed by atoms with Gasteiger partial charge in [0.05, 0.1) is 12.5 Å². The van der Waals surface area contributed by atoms with Crippen molar-refractivity contribution in [2.45, 2.75) is 32.2 Å². The molecule has 0 saturated carbocycles. The summed E-state index contributed by atoms with van der Waals surface area (Å²) < 4.78 is 12.6. The fraction of sp³-hybridized carbons (Fsp3) is 0.615. The highest BCUT2D eigenvalue weighted by atomic mass is 35.5. The van der Waals surface area contributed by atoms with Crippen molar-refractivity contribution in [1.82, 2.24) is 19.5 Å². The normalized spacial score (nSPS) is 12.8. The van der Waals surface area contributed by atoms with Crippen LogP contribution in [-0.4, -0.2) is 39.8 Å². The maximum atomic E-state index is 6.21. The van der Waals surface area contributed by atoms with Crippen molar-refractivity contribution in [2.75, 3.05) is 20.3 Å². The van der Waals surface area contributed by atoms with Crippen molar-refractivity contribution in [3.63, 3.8) is 0 Å². The van der Waals surface area contributed by atoms with E-state index in [1.807, 2.05) is 18.4 Å². The van der Waals surface area contributed by atoms with Crippen molar-refractivity contribution in [3.05, 3.63) is 12.2 Å². The van der Waals surface area contributed by atoms with Gasteiger partial charge in [0.15, 0.2) is 11.2 Å². The molecule has 0 amide bonds. The number of imidazole rings is 1. The van der Waals surface area contributed by atoms with Crippen LogP contribution in [0.3, 0.4) is 0 Å². The molecule has 20 heavy (non-hydrogen) atoms. The number of fused-ring (bicyclic) bond motifs is 1. The van der Waals surface area contributed by atoms with E-state index in [9.17, 15) is 0 Å². The predicted molar refractivity (Wildman–Crippen MR) is 77.3 cm³/mol. The molecule has 0 aliphatic rings. The van der Waals surface area contributed by atoms with Crippen molar-refractivity contribution in [3.8, 4) is 5.88 Å². The topological polar surface area (TPSA) is 62.1 Å². The third-order valence-corrected chi connectivity index (χ3v) is 3.15. The van der Waals surface area contributed by atoms with Crippen LogP contribution in [0.25, 0.3) is 11.2 Å². The minimum atomic E-state index is -0.207. The third kappa shape index (κ3) is 3.02. The quantitative estimate of drug-likeness (QED) is 0.581. The molecule has 7 heteroatoms. The molecular formula is C13H19ClN4O2. The van der Waals surface area contributed by atoms with Gasteiger partial charge < -0.3 is 14.0 Å². The first kappa shape index (κ1) is 15.0. The molecule has 6 nitrogen and oxygen atoms in total. The number of methoxy groups -OCH3 is 1. The number of nitrogens with zero attached hydrogens (tertiary/aromatic N) is 4. The Morgan fingerprint density at radius 3 is 2.85 bits per heavy atom. The Kier molecular flexibility index (Phi) is 5.14. The van der Waals surface area contributed by atoms with Gasteiger partial charge in [-0.2, -0.15) is 4.98 Å². The van der Waals surface area contributed by atoms with Crippen molar-refractivity contribution < 1.29 is 9.47 Å². The van der Waals surface area contributed by atoms with E-state index in [4.69, 9.17) is 21.1 Å². The van der Waals surface area contributed by atoms with Crippen LogP contribution in [0.1, 0.15) is 31.5 Å². The Morgan fingerprint density at radius 1 is 1.40 bits per heavy atom. The summed E-state index contributed by atoms with van der Waals surface area (Å²) in [5, 5.41) is -0.207. The van der Waals surface area contributed by atoms with Crippen LogP contribution in [0, 0.1) is 0 Å². The SMILES string of the molecule is CCOCCCn1c(C(C)Cl)nc2c(OC)ncnc21. The molecular weight excluding hydrogens is 280 g/mol. The van der Waals surface area contributed by atoms with Crippen LogP contribution in [0.15, 0.2) is 6.33 Å². The average molecular weight is 299 g/mol. The van der Waals surface area contributed by atoms with Crippen molar-refractivity contribution >= 4 is 22.8 Å². The summed E-state index contributed by atoms with van der Waals surface area (Å²) in [6.07, 6.45) is 2.35. The van der Waals surface area contributed by atoms with E-state index in [1.165, 1.54) is 6.33 Å². The Balaban J connectivity index is 2.36. The zero-order valence-electron chi connectivity index (χ0n) is 12.0. The van der Waals surface area contributed by atoms with Crippen LogP contribution in [0.2, 0.25) is 0 Å². The molecule has 2 aromatic rings. The molecule has 2 rings (SSSR count). The minimum absolute atomic E-state index is 0.207. The lowest BCUT2D eigenvalue weighted by Crippen LogP contribution is -2.08. The second kappa shape index (κ2) is 6.85. The molecule has 110 valence electrons. The minimum Gasteiger partial charge on any atom is -0.479 e. The van der Waals surface area contributed by atoms with Gasteiger partial charge >= 0.3 is 0 Å². The molecule has 0 aliphatic carbocycles. The predicted octanol–water partition coefficient (Wildman–Crippen LogP) is 2.56.